The summed E-state index contributed by atoms with van der Waals surface area (Å²) in [5, 5.41) is 15.0. The molecular weight excluding hydrogens is 281 g/mol. The molecule has 1 aliphatic rings. The van der Waals surface area contributed by atoms with Crippen LogP contribution in [0.25, 0.3) is 5.70 Å². The Labute approximate surface area is 126 Å². The fourth-order valence-electron chi connectivity index (χ4n) is 2.54. The van der Waals surface area contributed by atoms with E-state index in [-0.39, 0.29) is 11.9 Å². The molecule has 0 fully saturated rings. The highest BCUT2D eigenvalue weighted by molar-refractivity contribution is 5.76. The zero-order valence-corrected chi connectivity index (χ0v) is 11.5. The molecule has 0 saturated heterocycles. The number of rotatable bonds is 2. The third kappa shape index (κ3) is 2.14. The van der Waals surface area contributed by atoms with Crippen LogP contribution in [0.4, 0.5) is 10.3 Å². The maximum Gasteiger partial charge on any atom is 0.248 e. The Hall–Kier alpha value is -3.02. The van der Waals surface area contributed by atoms with Crippen molar-refractivity contribution in [2.24, 2.45) is 0 Å². The number of halogens is 1. The summed E-state index contributed by atoms with van der Waals surface area (Å²) < 4.78 is 14.8. The van der Waals surface area contributed by atoms with E-state index in [1.807, 2.05) is 36.4 Å². The Morgan fingerprint density at radius 3 is 2.55 bits per heavy atom. The monoisotopic (exact) mass is 293 g/mol. The van der Waals surface area contributed by atoms with Crippen LogP contribution in [0.1, 0.15) is 17.2 Å². The molecule has 3 aromatic rings. The highest BCUT2D eigenvalue weighted by atomic mass is 19.1. The molecule has 2 heterocycles. The van der Waals surface area contributed by atoms with Gasteiger partial charge in [0.15, 0.2) is 0 Å². The number of hydrogen-bond donors (Lipinski definition) is 1. The van der Waals surface area contributed by atoms with Gasteiger partial charge < -0.3 is 5.32 Å². The molecule has 0 bridgehead atoms. The minimum atomic E-state index is -0.262. The molecule has 0 radical (unpaired) electrons. The number of anilines is 1. The second-order valence-electron chi connectivity index (χ2n) is 5.01. The number of nitrogens with zero attached hydrogens (tertiary/aromatic N) is 4. The first kappa shape index (κ1) is 12.7. The molecule has 6 heteroatoms. The summed E-state index contributed by atoms with van der Waals surface area (Å²) in [6, 6.07) is 16.1. The van der Waals surface area contributed by atoms with E-state index < -0.39 is 0 Å². The fourth-order valence-corrected chi connectivity index (χ4v) is 2.54. The van der Waals surface area contributed by atoms with Crippen molar-refractivity contribution < 1.29 is 4.39 Å². The lowest BCUT2D eigenvalue weighted by molar-refractivity contribution is 0.582. The normalized spacial score (nSPS) is 16.6. The van der Waals surface area contributed by atoms with Crippen LogP contribution in [0.2, 0.25) is 0 Å². The Morgan fingerprint density at radius 2 is 1.77 bits per heavy atom. The minimum Gasteiger partial charge on any atom is -0.323 e. The fraction of sp³-hybridized carbons (Fsp3) is 0.0625. The largest absolute Gasteiger partial charge is 0.323 e. The summed E-state index contributed by atoms with van der Waals surface area (Å²) in [5.41, 5.74) is 2.89. The molecule has 2 aromatic carbocycles. The lowest BCUT2D eigenvalue weighted by atomic mass is 10.0. The number of tetrazole rings is 1. The van der Waals surface area contributed by atoms with Crippen LogP contribution in [-0.4, -0.2) is 20.2 Å². The van der Waals surface area contributed by atoms with Gasteiger partial charge in [0, 0.05) is 5.70 Å². The van der Waals surface area contributed by atoms with E-state index in [9.17, 15) is 4.39 Å². The summed E-state index contributed by atoms with van der Waals surface area (Å²) in [7, 11) is 0. The molecule has 0 saturated carbocycles. The van der Waals surface area contributed by atoms with Gasteiger partial charge in [-0.1, -0.05) is 47.6 Å². The molecule has 1 aromatic heterocycles. The highest BCUT2D eigenvalue weighted by Crippen LogP contribution is 2.31. The number of benzene rings is 2. The van der Waals surface area contributed by atoms with Gasteiger partial charge in [0.1, 0.15) is 11.9 Å². The molecular formula is C16H12FN5. The van der Waals surface area contributed by atoms with E-state index in [0.29, 0.717) is 5.95 Å². The summed E-state index contributed by atoms with van der Waals surface area (Å²) in [5.74, 6) is 0.303. The maximum absolute atomic E-state index is 13.2. The minimum absolute atomic E-state index is 0.179. The maximum atomic E-state index is 13.2. The van der Waals surface area contributed by atoms with Crippen LogP contribution in [0.5, 0.6) is 0 Å². The van der Waals surface area contributed by atoms with E-state index in [1.54, 1.807) is 16.8 Å². The summed E-state index contributed by atoms with van der Waals surface area (Å²) in [4.78, 5) is 0. The van der Waals surface area contributed by atoms with Gasteiger partial charge in [-0.15, -0.1) is 0 Å². The lowest BCUT2D eigenvalue weighted by Crippen LogP contribution is -2.20. The van der Waals surface area contributed by atoms with Crippen molar-refractivity contribution in [3.8, 4) is 0 Å². The predicted octanol–water partition coefficient (Wildman–Crippen LogP) is 2.87. The van der Waals surface area contributed by atoms with Gasteiger partial charge in [0.05, 0.1) is 0 Å². The van der Waals surface area contributed by atoms with Gasteiger partial charge in [0.25, 0.3) is 0 Å². The average molecular weight is 293 g/mol. The van der Waals surface area contributed by atoms with Gasteiger partial charge in [-0.05, 0) is 39.8 Å². The first-order chi connectivity index (χ1) is 10.8. The quantitative estimate of drug-likeness (QED) is 0.789. The van der Waals surface area contributed by atoms with Crippen molar-refractivity contribution in [2.75, 3.05) is 5.32 Å². The van der Waals surface area contributed by atoms with Gasteiger partial charge in [-0.3, -0.25) is 0 Å². The van der Waals surface area contributed by atoms with E-state index in [4.69, 9.17) is 0 Å². The van der Waals surface area contributed by atoms with Crippen molar-refractivity contribution in [1.29, 1.82) is 0 Å². The molecule has 0 unspecified atom stereocenters. The van der Waals surface area contributed by atoms with Crippen molar-refractivity contribution >= 4 is 11.6 Å². The predicted molar refractivity (Wildman–Crippen MR) is 80.4 cm³/mol. The topological polar surface area (TPSA) is 55.6 Å². The Bertz CT molecular complexity index is 823. The smallest absolute Gasteiger partial charge is 0.248 e. The summed E-state index contributed by atoms with van der Waals surface area (Å²) in [6.45, 7) is 0. The van der Waals surface area contributed by atoms with Crippen LogP contribution >= 0.6 is 0 Å². The molecule has 0 aliphatic carbocycles. The second kappa shape index (κ2) is 5.07. The van der Waals surface area contributed by atoms with Crippen molar-refractivity contribution in [1.82, 2.24) is 20.2 Å². The van der Waals surface area contributed by atoms with Crippen LogP contribution in [0.3, 0.4) is 0 Å². The number of fused-ring (bicyclic) bond motifs is 1. The molecule has 108 valence electrons. The van der Waals surface area contributed by atoms with E-state index in [0.717, 1.165) is 16.8 Å². The highest BCUT2D eigenvalue weighted by Gasteiger charge is 2.24. The van der Waals surface area contributed by atoms with Crippen molar-refractivity contribution in [3.63, 3.8) is 0 Å². The van der Waals surface area contributed by atoms with Gasteiger partial charge in [-0.2, -0.15) is 4.68 Å². The second-order valence-corrected chi connectivity index (χ2v) is 5.01. The molecule has 1 atom stereocenters. The molecule has 22 heavy (non-hydrogen) atoms. The van der Waals surface area contributed by atoms with Crippen molar-refractivity contribution in [2.45, 2.75) is 6.04 Å². The Balaban J connectivity index is 1.81. The SMILES string of the molecule is Fc1ccc([C@H]2C=C(c3ccccc3)Nc3nnnn32)cc1. The first-order valence-corrected chi connectivity index (χ1v) is 6.89. The number of nitrogens with one attached hydrogen (secondary N) is 1. The van der Waals surface area contributed by atoms with Gasteiger partial charge in [0.2, 0.25) is 5.95 Å². The van der Waals surface area contributed by atoms with Crippen LogP contribution < -0.4 is 5.32 Å². The average Bonchev–Trinajstić information content (AvgIpc) is 3.04. The molecule has 0 amide bonds. The Kier molecular flexibility index (Phi) is 2.93. The van der Waals surface area contributed by atoms with Gasteiger partial charge >= 0.3 is 0 Å². The molecule has 1 N–H and O–H groups in total. The van der Waals surface area contributed by atoms with E-state index >= 15 is 0 Å². The van der Waals surface area contributed by atoms with Gasteiger partial charge in [-0.25, -0.2) is 4.39 Å². The number of allylic oxidation sites excluding steroid dienone is 1. The molecule has 1 aliphatic heterocycles. The van der Waals surface area contributed by atoms with Crippen molar-refractivity contribution in [3.05, 3.63) is 77.6 Å². The molecule has 5 nitrogen and oxygen atoms in total. The van der Waals surface area contributed by atoms with Crippen LogP contribution in [-0.2, 0) is 0 Å². The standard InChI is InChI=1S/C16H12FN5/c17-13-8-6-12(7-9-13)15-10-14(11-4-2-1-3-5-11)18-16-19-20-21-22(15)16/h1-10,15H,(H,18,19,21)/t15-/m1/s1. The van der Waals surface area contributed by atoms with Crippen LogP contribution in [0, 0.1) is 5.82 Å². The summed E-state index contributed by atoms with van der Waals surface area (Å²) >= 11 is 0. The van der Waals surface area contributed by atoms with E-state index in [2.05, 4.69) is 20.8 Å². The summed E-state index contributed by atoms with van der Waals surface area (Å²) in [6.07, 6.45) is 2.03. The lowest BCUT2D eigenvalue weighted by Gasteiger charge is -2.23. The van der Waals surface area contributed by atoms with E-state index in [1.165, 1.54) is 12.1 Å². The van der Waals surface area contributed by atoms with Crippen LogP contribution in [0.15, 0.2) is 60.7 Å². The zero-order chi connectivity index (χ0) is 14.9. The first-order valence-electron chi connectivity index (χ1n) is 6.89. The third-order valence-electron chi connectivity index (χ3n) is 3.62. The Morgan fingerprint density at radius 1 is 1.00 bits per heavy atom. The number of hydrogen-bond acceptors (Lipinski definition) is 4. The zero-order valence-electron chi connectivity index (χ0n) is 11.5. The number of aromatic nitrogens is 4. The molecule has 4 rings (SSSR count). The molecule has 0 spiro atoms. The third-order valence-corrected chi connectivity index (χ3v) is 3.62.